The number of aromatic nitrogens is 2. The van der Waals surface area contributed by atoms with Gasteiger partial charge in [-0.15, -0.1) is 0 Å². The molecule has 0 radical (unpaired) electrons. The third kappa shape index (κ3) is 2.57. The van der Waals surface area contributed by atoms with Crippen LogP contribution in [0.15, 0.2) is 30.5 Å². The van der Waals surface area contributed by atoms with Crippen LogP contribution in [0.1, 0.15) is 0 Å². The molecule has 0 bridgehead atoms. The molecule has 3 rings (SSSR count). The zero-order chi connectivity index (χ0) is 17.4. The predicted octanol–water partition coefficient (Wildman–Crippen LogP) is 3.37. The summed E-state index contributed by atoms with van der Waals surface area (Å²) in [4.78, 5) is 11.9. The maximum absolute atomic E-state index is 13.5. The molecule has 1 amide bonds. The van der Waals surface area contributed by atoms with Crippen molar-refractivity contribution in [3.63, 3.8) is 0 Å². The van der Waals surface area contributed by atoms with Crippen molar-refractivity contribution in [2.75, 3.05) is 5.32 Å². The standard InChI is InChI=1S/C15H8F5N3O/c16-10-11(17)13(19)15(14(20)12(10)18)22-9(24)6-23-8-4-2-1-3-7(8)5-21-23/h1-5H,6H2,(H,22,24). The molecule has 0 saturated heterocycles. The van der Waals surface area contributed by atoms with Crippen molar-refractivity contribution in [1.82, 2.24) is 9.78 Å². The molecular weight excluding hydrogens is 333 g/mol. The molecule has 124 valence electrons. The normalized spacial score (nSPS) is 11.0. The highest BCUT2D eigenvalue weighted by molar-refractivity contribution is 5.92. The van der Waals surface area contributed by atoms with Gasteiger partial charge in [-0.2, -0.15) is 5.10 Å². The Balaban J connectivity index is 1.88. The molecule has 0 atom stereocenters. The van der Waals surface area contributed by atoms with Gasteiger partial charge in [-0.25, -0.2) is 22.0 Å². The van der Waals surface area contributed by atoms with Crippen LogP contribution in [0.5, 0.6) is 0 Å². The number of anilines is 1. The summed E-state index contributed by atoms with van der Waals surface area (Å²) in [6.07, 6.45) is 1.47. The van der Waals surface area contributed by atoms with Crippen molar-refractivity contribution in [1.29, 1.82) is 0 Å². The summed E-state index contributed by atoms with van der Waals surface area (Å²) >= 11 is 0. The van der Waals surface area contributed by atoms with E-state index in [2.05, 4.69) is 5.10 Å². The monoisotopic (exact) mass is 341 g/mol. The fourth-order valence-corrected chi connectivity index (χ4v) is 2.18. The maximum Gasteiger partial charge on any atom is 0.246 e. The Hall–Kier alpha value is -2.97. The summed E-state index contributed by atoms with van der Waals surface area (Å²) < 4.78 is 67.5. The molecule has 9 heteroatoms. The van der Waals surface area contributed by atoms with E-state index in [1.165, 1.54) is 10.9 Å². The topological polar surface area (TPSA) is 46.9 Å². The van der Waals surface area contributed by atoms with Crippen molar-refractivity contribution in [3.8, 4) is 0 Å². The zero-order valence-electron chi connectivity index (χ0n) is 11.8. The van der Waals surface area contributed by atoms with Crippen LogP contribution in [0.3, 0.4) is 0 Å². The second-order valence-corrected chi connectivity index (χ2v) is 4.85. The smallest absolute Gasteiger partial charge is 0.246 e. The molecule has 3 aromatic rings. The van der Waals surface area contributed by atoms with E-state index in [9.17, 15) is 26.7 Å². The van der Waals surface area contributed by atoms with Crippen molar-refractivity contribution in [3.05, 3.63) is 59.5 Å². The number of rotatable bonds is 3. The first kappa shape index (κ1) is 15.9. The molecule has 1 N–H and O–H groups in total. The van der Waals surface area contributed by atoms with E-state index in [4.69, 9.17) is 0 Å². The van der Waals surface area contributed by atoms with Gasteiger partial charge in [0.15, 0.2) is 23.3 Å². The summed E-state index contributed by atoms with van der Waals surface area (Å²) in [5.74, 6) is -11.8. The summed E-state index contributed by atoms with van der Waals surface area (Å²) in [6, 6.07) is 6.85. The molecule has 1 aromatic heterocycles. The van der Waals surface area contributed by atoms with Gasteiger partial charge < -0.3 is 5.32 Å². The van der Waals surface area contributed by atoms with E-state index in [-0.39, 0.29) is 0 Å². The molecular formula is C15H8F5N3O. The van der Waals surface area contributed by atoms with Crippen LogP contribution in [0.25, 0.3) is 10.9 Å². The average Bonchev–Trinajstić information content (AvgIpc) is 2.98. The Bertz CT molecular complexity index is 925. The number of nitrogens with zero attached hydrogens (tertiary/aromatic N) is 2. The van der Waals surface area contributed by atoms with Crippen LogP contribution in [0.4, 0.5) is 27.6 Å². The highest BCUT2D eigenvalue weighted by Crippen LogP contribution is 2.27. The third-order valence-electron chi connectivity index (χ3n) is 3.32. The number of fused-ring (bicyclic) bond motifs is 1. The van der Waals surface area contributed by atoms with Gasteiger partial charge in [-0.05, 0) is 6.07 Å². The van der Waals surface area contributed by atoms with Gasteiger partial charge >= 0.3 is 0 Å². The predicted molar refractivity (Wildman–Crippen MR) is 74.6 cm³/mol. The van der Waals surface area contributed by atoms with Crippen LogP contribution < -0.4 is 5.32 Å². The number of nitrogens with one attached hydrogen (secondary N) is 1. The average molecular weight is 341 g/mol. The van der Waals surface area contributed by atoms with Gasteiger partial charge in [0.25, 0.3) is 0 Å². The Morgan fingerprint density at radius 1 is 0.958 bits per heavy atom. The molecule has 0 aliphatic carbocycles. The molecule has 0 spiro atoms. The highest BCUT2D eigenvalue weighted by Gasteiger charge is 2.26. The van der Waals surface area contributed by atoms with E-state index < -0.39 is 47.2 Å². The summed E-state index contributed by atoms with van der Waals surface area (Å²) in [5, 5.41) is 6.35. The number of carbonyl (C=O) groups is 1. The van der Waals surface area contributed by atoms with E-state index in [0.29, 0.717) is 5.52 Å². The van der Waals surface area contributed by atoms with Crippen molar-refractivity contribution in [2.24, 2.45) is 0 Å². The van der Waals surface area contributed by atoms with Crippen LogP contribution in [0, 0.1) is 29.1 Å². The first-order valence-corrected chi connectivity index (χ1v) is 6.62. The van der Waals surface area contributed by atoms with Gasteiger partial charge in [0, 0.05) is 5.39 Å². The zero-order valence-corrected chi connectivity index (χ0v) is 11.8. The number of amides is 1. The molecule has 0 aliphatic rings. The summed E-state index contributed by atoms with van der Waals surface area (Å²) in [6.45, 7) is -0.465. The summed E-state index contributed by atoms with van der Waals surface area (Å²) in [7, 11) is 0. The first-order valence-electron chi connectivity index (χ1n) is 6.62. The lowest BCUT2D eigenvalue weighted by molar-refractivity contribution is -0.116. The molecule has 0 fully saturated rings. The van der Waals surface area contributed by atoms with E-state index >= 15 is 0 Å². The fourth-order valence-electron chi connectivity index (χ4n) is 2.18. The molecule has 0 unspecified atom stereocenters. The number of halogens is 5. The first-order chi connectivity index (χ1) is 11.4. The third-order valence-corrected chi connectivity index (χ3v) is 3.32. The van der Waals surface area contributed by atoms with Crippen LogP contribution in [-0.4, -0.2) is 15.7 Å². The number of benzene rings is 2. The Morgan fingerprint density at radius 2 is 1.54 bits per heavy atom. The lowest BCUT2D eigenvalue weighted by atomic mass is 10.2. The van der Waals surface area contributed by atoms with Crippen LogP contribution in [0.2, 0.25) is 0 Å². The summed E-state index contributed by atoms with van der Waals surface area (Å²) in [5.41, 5.74) is -0.821. The van der Waals surface area contributed by atoms with Gasteiger partial charge in [0.2, 0.25) is 11.7 Å². The minimum absolute atomic E-state index is 0.465. The van der Waals surface area contributed by atoms with Gasteiger partial charge in [-0.3, -0.25) is 9.48 Å². The largest absolute Gasteiger partial charge is 0.319 e. The van der Waals surface area contributed by atoms with Gasteiger partial charge in [-0.1, -0.05) is 18.2 Å². The second-order valence-electron chi connectivity index (χ2n) is 4.85. The Kier molecular flexibility index (Phi) is 3.92. The second kappa shape index (κ2) is 5.91. The van der Waals surface area contributed by atoms with Gasteiger partial charge in [0.1, 0.15) is 12.2 Å². The molecule has 24 heavy (non-hydrogen) atoms. The van der Waals surface area contributed by atoms with E-state index in [0.717, 1.165) is 5.39 Å². The van der Waals surface area contributed by atoms with Gasteiger partial charge in [0.05, 0.1) is 11.7 Å². The Labute approximate surface area is 131 Å². The number of hydrogen-bond acceptors (Lipinski definition) is 2. The van der Waals surface area contributed by atoms with E-state index in [1.54, 1.807) is 29.6 Å². The van der Waals surface area contributed by atoms with Crippen molar-refractivity contribution in [2.45, 2.75) is 6.54 Å². The number of hydrogen-bond donors (Lipinski definition) is 1. The van der Waals surface area contributed by atoms with Crippen molar-refractivity contribution >= 4 is 22.5 Å². The number of para-hydroxylation sites is 1. The lowest BCUT2D eigenvalue weighted by Crippen LogP contribution is -2.22. The SMILES string of the molecule is O=C(Cn1ncc2ccccc21)Nc1c(F)c(F)c(F)c(F)c1F. The fraction of sp³-hybridized carbons (Fsp3) is 0.0667. The van der Waals surface area contributed by atoms with Crippen LogP contribution in [-0.2, 0) is 11.3 Å². The van der Waals surface area contributed by atoms with Crippen LogP contribution >= 0.6 is 0 Å². The molecule has 2 aromatic carbocycles. The Morgan fingerprint density at radius 3 is 2.21 bits per heavy atom. The maximum atomic E-state index is 13.5. The minimum Gasteiger partial charge on any atom is -0.319 e. The van der Waals surface area contributed by atoms with E-state index in [1.807, 2.05) is 0 Å². The molecule has 1 heterocycles. The van der Waals surface area contributed by atoms with Crippen molar-refractivity contribution < 1.29 is 26.7 Å². The number of carbonyl (C=O) groups excluding carboxylic acids is 1. The molecule has 0 aliphatic heterocycles. The lowest BCUT2D eigenvalue weighted by Gasteiger charge is -2.10. The molecule has 0 saturated carbocycles. The minimum atomic E-state index is -2.29. The quantitative estimate of drug-likeness (QED) is 0.451. The highest BCUT2D eigenvalue weighted by atomic mass is 19.2. The molecule has 4 nitrogen and oxygen atoms in total.